The molecule has 1 N–H and O–H groups in total. The number of hydrogen-bond donors (Lipinski definition) is 1. The zero-order valence-electron chi connectivity index (χ0n) is 15.8. The van der Waals surface area contributed by atoms with E-state index in [2.05, 4.69) is 24.1 Å². The van der Waals surface area contributed by atoms with Crippen LogP contribution >= 0.6 is 23.2 Å². The summed E-state index contributed by atoms with van der Waals surface area (Å²) in [5.74, 6) is 0.381. The lowest BCUT2D eigenvalue weighted by Crippen LogP contribution is -2.22. The van der Waals surface area contributed by atoms with Gasteiger partial charge in [-0.15, -0.1) is 0 Å². The van der Waals surface area contributed by atoms with Crippen LogP contribution in [-0.2, 0) is 6.54 Å². The van der Waals surface area contributed by atoms with Crippen LogP contribution in [0, 0.1) is 0 Å². The first-order valence-corrected chi connectivity index (χ1v) is 9.94. The van der Waals surface area contributed by atoms with Crippen LogP contribution in [0.2, 0.25) is 10.0 Å². The number of furan rings is 1. The van der Waals surface area contributed by atoms with E-state index in [1.165, 1.54) is 5.56 Å². The molecule has 3 rings (SSSR count). The van der Waals surface area contributed by atoms with Gasteiger partial charge in [0.05, 0.1) is 10.0 Å². The molecule has 4 nitrogen and oxygen atoms in total. The summed E-state index contributed by atoms with van der Waals surface area (Å²) in [6.07, 6.45) is 0. The Bertz CT molecular complexity index is 947. The van der Waals surface area contributed by atoms with Gasteiger partial charge >= 0.3 is 0 Å². The second-order valence-electron chi connectivity index (χ2n) is 6.38. The number of benzene rings is 2. The third-order valence-electron chi connectivity index (χ3n) is 4.56. The van der Waals surface area contributed by atoms with Gasteiger partial charge in [-0.05, 0) is 55.1 Å². The quantitative estimate of drug-likeness (QED) is 0.487. The van der Waals surface area contributed by atoms with Crippen molar-refractivity contribution in [3.8, 4) is 11.3 Å². The molecule has 0 fully saturated rings. The third-order valence-corrected chi connectivity index (χ3v) is 5.38. The Balaban J connectivity index is 1.69. The van der Waals surface area contributed by atoms with E-state index in [9.17, 15) is 4.79 Å². The minimum atomic E-state index is -0.319. The number of nitrogens with one attached hydrogen (secondary N) is 1. The monoisotopic (exact) mass is 416 g/mol. The molecule has 28 heavy (non-hydrogen) atoms. The van der Waals surface area contributed by atoms with Crippen molar-refractivity contribution in [3.05, 3.63) is 76.0 Å². The van der Waals surface area contributed by atoms with Crippen LogP contribution in [0.4, 0.5) is 5.69 Å². The smallest absolute Gasteiger partial charge is 0.291 e. The zero-order chi connectivity index (χ0) is 20.1. The Kier molecular flexibility index (Phi) is 6.79. The average molecular weight is 417 g/mol. The van der Waals surface area contributed by atoms with Crippen LogP contribution in [-0.4, -0.2) is 23.9 Å². The summed E-state index contributed by atoms with van der Waals surface area (Å²) in [5, 5.41) is 3.69. The van der Waals surface area contributed by atoms with Gasteiger partial charge in [0.25, 0.3) is 5.91 Å². The Hall–Kier alpha value is -2.27. The molecular weight excluding hydrogens is 395 g/mol. The van der Waals surface area contributed by atoms with Crippen LogP contribution < -0.4 is 5.32 Å². The molecule has 146 valence electrons. The van der Waals surface area contributed by atoms with E-state index in [1.807, 2.05) is 24.3 Å². The number of hydrogen-bond acceptors (Lipinski definition) is 3. The van der Waals surface area contributed by atoms with E-state index in [0.29, 0.717) is 27.1 Å². The van der Waals surface area contributed by atoms with Gasteiger partial charge in [0.2, 0.25) is 0 Å². The molecule has 1 aromatic heterocycles. The highest BCUT2D eigenvalue weighted by atomic mass is 35.5. The van der Waals surface area contributed by atoms with E-state index in [0.717, 1.165) is 19.6 Å². The molecule has 0 unspecified atom stereocenters. The van der Waals surface area contributed by atoms with Gasteiger partial charge in [-0.25, -0.2) is 0 Å². The van der Waals surface area contributed by atoms with E-state index >= 15 is 0 Å². The standard InChI is InChI=1S/C22H22Cl2N2O2/c1-3-26(4-2)14-15-8-10-16(11-9-15)25-22(27)20-13-12-19(28-20)17-6-5-7-18(23)21(17)24/h5-13H,3-4,14H2,1-2H3,(H,25,27). The van der Waals surface area contributed by atoms with Crippen LogP contribution in [0.3, 0.4) is 0 Å². The number of halogens is 2. The maximum absolute atomic E-state index is 12.5. The van der Waals surface area contributed by atoms with Gasteiger partial charge in [0.15, 0.2) is 5.76 Å². The molecule has 0 aliphatic carbocycles. The SMILES string of the molecule is CCN(CC)Cc1ccc(NC(=O)c2ccc(-c3cccc(Cl)c3Cl)o2)cc1. The summed E-state index contributed by atoms with van der Waals surface area (Å²) in [5.41, 5.74) is 2.57. The van der Waals surface area contributed by atoms with Crippen LogP contribution in [0.1, 0.15) is 30.0 Å². The highest BCUT2D eigenvalue weighted by Crippen LogP contribution is 2.34. The minimum Gasteiger partial charge on any atom is -0.451 e. The average Bonchev–Trinajstić information content (AvgIpc) is 3.19. The fraction of sp³-hybridized carbons (Fsp3) is 0.227. The maximum atomic E-state index is 12.5. The molecule has 1 amide bonds. The molecule has 0 saturated heterocycles. The van der Waals surface area contributed by atoms with E-state index in [1.54, 1.807) is 30.3 Å². The lowest BCUT2D eigenvalue weighted by molar-refractivity contribution is 0.0997. The number of amides is 1. The minimum absolute atomic E-state index is 0.207. The summed E-state index contributed by atoms with van der Waals surface area (Å²) in [6, 6.07) is 16.4. The molecule has 3 aromatic rings. The fourth-order valence-electron chi connectivity index (χ4n) is 2.89. The molecule has 2 aromatic carbocycles. The van der Waals surface area contributed by atoms with Gasteiger partial charge in [-0.2, -0.15) is 0 Å². The maximum Gasteiger partial charge on any atom is 0.291 e. The molecule has 0 bridgehead atoms. The molecule has 6 heteroatoms. The van der Waals surface area contributed by atoms with Gasteiger partial charge < -0.3 is 9.73 Å². The summed E-state index contributed by atoms with van der Waals surface area (Å²) in [7, 11) is 0. The van der Waals surface area contributed by atoms with E-state index in [-0.39, 0.29) is 11.7 Å². The fourth-order valence-corrected chi connectivity index (χ4v) is 3.28. The van der Waals surface area contributed by atoms with Crippen molar-refractivity contribution in [2.45, 2.75) is 20.4 Å². The van der Waals surface area contributed by atoms with Gasteiger partial charge in [-0.3, -0.25) is 9.69 Å². The van der Waals surface area contributed by atoms with Crippen molar-refractivity contribution in [1.29, 1.82) is 0 Å². The first-order valence-electron chi connectivity index (χ1n) is 9.18. The molecular formula is C22H22Cl2N2O2. The lowest BCUT2D eigenvalue weighted by atomic mass is 10.2. The van der Waals surface area contributed by atoms with Crippen LogP contribution in [0.15, 0.2) is 59.0 Å². The zero-order valence-corrected chi connectivity index (χ0v) is 17.3. The highest BCUT2D eigenvalue weighted by Gasteiger charge is 2.15. The lowest BCUT2D eigenvalue weighted by Gasteiger charge is -2.18. The largest absolute Gasteiger partial charge is 0.451 e. The van der Waals surface area contributed by atoms with Gasteiger partial charge in [-0.1, -0.05) is 55.2 Å². The molecule has 0 aliphatic rings. The number of anilines is 1. The second kappa shape index (κ2) is 9.28. The molecule has 0 aliphatic heterocycles. The van der Waals surface area contributed by atoms with Gasteiger partial charge in [0, 0.05) is 17.8 Å². The van der Waals surface area contributed by atoms with Gasteiger partial charge in [0.1, 0.15) is 5.76 Å². The topological polar surface area (TPSA) is 45.5 Å². The molecule has 0 spiro atoms. The van der Waals surface area contributed by atoms with E-state index < -0.39 is 0 Å². The Morgan fingerprint density at radius 3 is 2.39 bits per heavy atom. The molecule has 1 heterocycles. The Morgan fingerprint density at radius 1 is 1.00 bits per heavy atom. The predicted octanol–water partition coefficient (Wildman–Crippen LogP) is 6.35. The van der Waals surface area contributed by atoms with Crippen LogP contribution in [0.25, 0.3) is 11.3 Å². The first kappa shape index (κ1) is 20.5. The predicted molar refractivity (Wildman–Crippen MR) is 115 cm³/mol. The highest BCUT2D eigenvalue weighted by molar-refractivity contribution is 6.43. The molecule has 0 saturated carbocycles. The van der Waals surface area contributed by atoms with Crippen molar-refractivity contribution in [2.75, 3.05) is 18.4 Å². The number of rotatable bonds is 7. The summed E-state index contributed by atoms with van der Waals surface area (Å²) >= 11 is 12.3. The van der Waals surface area contributed by atoms with Crippen molar-refractivity contribution < 1.29 is 9.21 Å². The summed E-state index contributed by atoms with van der Waals surface area (Å²) in [4.78, 5) is 14.8. The normalized spacial score (nSPS) is 11.0. The summed E-state index contributed by atoms with van der Waals surface area (Å²) < 4.78 is 5.68. The Labute approximate surface area is 175 Å². The third kappa shape index (κ3) is 4.76. The van der Waals surface area contributed by atoms with Crippen LogP contribution in [0.5, 0.6) is 0 Å². The van der Waals surface area contributed by atoms with Crippen molar-refractivity contribution in [2.24, 2.45) is 0 Å². The van der Waals surface area contributed by atoms with E-state index in [4.69, 9.17) is 27.6 Å². The number of carbonyl (C=O) groups excluding carboxylic acids is 1. The van der Waals surface area contributed by atoms with Crippen molar-refractivity contribution in [1.82, 2.24) is 4.90 Å². The van der Waals surface area contributed by atoms with Crippen molar-refractivity contribution >= 4 is 34.8 Å². The number of nitrogens with zero attached hydrogens (tertiary/aromatic N) is 1. The number of carbonyl (C=O) groups is 1. The second-order valence-corrected chi connectivity index (χ2v) is 7.16. The molecule has 0 radical (unpaired) electrons. The Morgan fingerprint density at radius 2 is 1.71 bits per heavy atom. The summed E-state index contributed by atoms with van der Waals surface area (Å²) in [6.45, 7) is 7.20. The van der Waals surface area contributed by atoms with Crippen molar-refractivity contribution in [3.63, 3.8) is 0 Å². The first-order chi connectivity index (χ1) is 13.5. The molecule has 0 atom stereocenters.